The van der Waals surface area contributed by atoms with Crippen LogP contribution in [0.5, 0.6) is 17.2 Å². The lowest BCUT2D eigenvalue weighted by Gasteiger charge is -2.33. The van der Waals surface area contributed by atoms with E-state index in [1.807, 2.05) is 36.5 Å². The summed E-state index contributed by atoms with van der Waals surface area (Å²) in [7, 11) is 1.69. The van der Waals surface area contributed by atoms with Crippen molar-refractivity contribution < 1.29 is 23.7 Å². The number of hydrogen-bond acceptors (Lipinski definition) is 8. The maximum atomic E-state index is 13.8. The van der Waals surface area contributed by atoms with Crippen LogP contribution in [0.15, 0.2) is 48.9 Å². The molecular weight excluding hydrogens is 520 g/mol. The van der Waals surface area contributed by atoms with Crippen LogP contribution in [0, 0.1) is 0 Å². The van der Waals surface area contributed by atoms with Crippen LogP contribution in [0.4, 0.5) is 11.5 Å². The normalized spacial score (nSPS) is 15.3. The van der Waals surface area contributed by atoms with E-state index in [1.165, 1.54) is 0 Å². The highest BCUT2D eigenvalue weighted by atomic mass is 16.5. The Morgan fingerprint density at radius 1 is 1.05 bits per heavy atom. The topological polar surface area (TPSA) is 101 Å². The van der Waals surface area contributed by atoms with Crippen LogP contribution >= 0.6 is 0 Å². The molecule has 0 unspecified atom stereocenters. The molecule has 41 heavy (non-hydrogen) atoms. The summed E-state index contributed by atoms with van der Waals surface area (Å²) in [6.45, 7) is 10.1. The number of carbonyl (C=O) groups is 1. The van der Waals surface area contributed by atoms with Crippen molar-refractivity contribution in [1.29, 1.82) is 0 Å². The lowest BCUT2D eigenvalue weighted by molar-refractivity contribution is 0.0973. The minimum atomic E-state index is -0.226. The molecule has 0 atom stereocenters. The Morgan fingerprint density at radius 2 is 1.78 bits per heavy atom. The predicted octanol–water partition coefficient (Wildman–Crippen LogP) is 5.12. The van der Waals surface area contributed by atoms with E-state index < -0.39 is 0 Å². The summed E-state index contributed by atoms with van der Waals surface area (Å²) in [5, 5.41) is 1.69. The van der Waals surface area contributed by atoms with Gasteiger partial charge in [-0.15, -0.1) is 0 Å². The Balaban J connectivity index is 1.33. The van der Waals surface area contributed by atoms with E-state index in [9.17, 15) is 4.79 Å². The molecule has 1 fully saturated rings. The maximum absolute atomic E-state index is 13.8. The van der Waals surface area contributed by atoms with Crippen LogP contribution in [0.1, 0.15) is 47.8 Å². The Labute approximate surface area is 239 Å². The van der Waals surface area contributed by atoms with Crippen molar-refractivity contribution in [2.24, 2.45) is 0 Å². The van der Waals surface area contributed by atoms with Crippen molar-refractivity contribution in [3.8, 4) is 17.2 Å². The van der Waals surface area contributed by atoms with Gasteiger partial charge in [-0.1, -0.05) is 20.8 Å². The van der Waals surface area contributed by atoms with Gasteiger partial charge in [0.25, 0.3) is 0 Å². The first-order chi connectivity index (χ1) is 19.7. The predicted molar refractivity (Wildman–Crippen MR) is 158 cm³/mol. The fraction of sp³-hybridized carbons (Fsp3) is 0.375. The lowest BCUT2D eigenvalue weighted by atomic mass is 9.84. The number of hydrogen-bond donors (Lipinski definition) is 1. The number of fused-ring (bicyclic) bond motifs is 3. The summed E-state index contributed by atoms with van der Waals surface area (Å²) >= 11 is 0. The number of nitrogen functional groups attached to an aromatic ring is 1. The summed E-state index contributed by atoms with van der Waals surface area (Å²) in [5.74, 6) is 2.53. The number of rotatable bonds is 5. The first-order valence-corrected chi connectivity index (χ1v) is 13.9. The van der Waals surface area contributed by atoms with E-state index in [1.54, 1.807) is 24.1 Å². The molecule has 4 aromatic rings. The molecule has 9 heteroatoms. The zero-order valence-electron chi connectivity index (χ0n) is 24.0. The Bertz CT molecular complexity index is 1610. The zero-order chi connectivity index (χ0) is 28.7. The number of Topliss-reactive ketones (excluding diaryl/α,β-unsaturated/α-hetero) is 1. The third kappa shape index (κ3) is 5.17. The summed E-state index contributed by atoms with van der Waals surface area (Å²) in [6, 6.07) is 9.67. The van der Waals surface area contributed by atoms with Gasteiger partial charge in [0.1, 0.15) is 24.8 Å². The van der Waals surface area contributed by atoms with E-state index in [0.717, 1.165) is 52.0 Å². The van der Waals surface area contributed by atoms with Gasteiger partial charge in [-0.3, -0.25) is 9.78 Å². The molecule has 2 aliphatic heterocycles. The van der Waals surface area contributed by atoms with Crippen LogP contribution < -0.4 is 24.8 Å². The number of ketones is 1. The molecule has 0 amide bonds. The molecular formula is C32H36N4O5. The van der Waals surface area contributed by atoms with Crippen LogP contribution in [-0.4, -0.2) is 48.7 Å². The van der Waals surface area contributed by atoms with Gasteiger partial charge in [0.15, 0.2) is 17.3 Å². The smallest absolute Gasteiger partial charge is 0.182 e. The minimum Gasteiger partial charge on any atom is -0.494 e. The summed E-state index contributed by atoms with van der Waals surface area (Å²) in [6.07, 6.45) is 5.45. The average Bonchev–Trinajstić information content (AvgIpc) is 3.26. The van der Waals surface area contributed by atoms with Crippen molar-refractivity contribution in [2.45, 2.75) is 45.9 Å². The second-order valence-electron chi connectivity index (χ2n) is 11.6. The highest BCUT2D eigenvalue weighted by Crippen LogP contribution is 2.41. The summed E-state index contributed by atoms with van der Waals surface area (Å²) < 4.78 is 25.5. The molecule has 0 radical (unpaired) electrons. The van der Waals surface area contributed by atoms with Crippen LogP contribution in [0.3, 0.4) is 0 Å². The van der Waals surface area contributed by atoms with Gasteiger partial charge < -0.3 is 34.1 Å². The molecule has 0 bridgehead atoms. The number of morpholine rings is 1. The van der Waals surface area contributed by atoms with Gasteiger partial charge in [-0.25, -0.2) is 0 Å². The van der Waals surface area contributed by atoms with Gasteiger partial charge in [0.2, 0.25) is 0 Å². The number of benzene rings is 2. The van der Waals surface area contributed by atoms with Crippen LogP contribution in [-0.2, 0) is 29.9 Å². The number of ether oxygens (including phenoxy) is 4. The first kappa shape index (κ1) is 27.0. The minimum absolute atomic E-state index is 0.0338. The van der Waals surface area contributed by atoms with Crippen molar-refractivity contribution in [2.75, 3.05) is 44.0 Å². The number of pyridine rings is 1. The highest BCUT2D eigenvalue weighted by Gasteiger charge is 2.27. The molecule has 4 heterocycles. The molecule has 0 aliphatic carbocycles. The second-order valence-corrected chi connectivity index (χ2v) is 11.6. The number of anilines is 2. The highest BCUT2D eigenvalue weighted by molar-refractivity contribution is 6.00. The van der Waals surface area contributed by atoms with Gasteiger partial charge in [-0.05, 0) is 41.3 Å². The monoisotopic (exact) mass is 556 g/mol. The van der Waals surface area contributed by atoms with Crippen molar-refractivity contribution in [3.63, 3.8) is 0 Å². The standard InChI is InChI=1S/C32H36N4O5/c1-32(2,3)25-11-21(12-26(30(25)38-4)35-7-9-39-10-8-35)27(37)17-36-16-22-13-28-29(14-24(22)31(36)33)41-19-23-15-34-6-5-20(23)18-40-28/h5-6,11-16H,7-10,17-19,33H2,1-4H3. The number of methoxy groups -OCH3 is 1. The summed E-state index contributed by atoms with van der Waals surface area (Å²) in [4.78, 5) is 20.2. The Kier molecular flexibility index (Phi) is 6.99. The van der Waals surface area contributed by atoms with Crippen molar-refractivity contribution in [1.82, 2.24) is 9.55 Å². The lowest BCUT2D eigenvalue weighted by Crippen LogP contribution is -2.37. The Hall–Kier alpha value is -4.24. The van der Waals surface area contributed by atoms with E-state index in [4.69, 9.17) is 24.7 Å². The first-order valence-electron chi connectivity index (χ1n) is 13.9. The average molecular weight is 557 g/mol. The number of aromatic nitrogens is 2. The zero-order valence-corrected chi connectivity index (χ0v) is 24.0. The molecule has 2 aliphatic rings. The van der Waals surface area contributed by atoms with Gasteiger partial charge in [0, 0.05) is 59.1 Å². The van der Waals surface area contributed by atoms with Gasteiger partial charge in [-0.2, -0.15) is 0 Å². The molecule has 2 N–H and O–H groups in total. The van der Waals surface area contributed by atoms with E-state index in [2.05, 4.69) is 30.7 Å². The van der Waals surface area contributed by atoms with E-state index in [0.29, 0.717) is 49.3 Å². The number of nitrogens with two attached hydrogens (primary N) is 1. The molecule has 9 nitrogen and oxygen atoms in total. The molecule has 6 rings (SSSR count). The fourth-order valence-electron chi connectivity index (χ4n) is 5.52. The van der Waals surface area contributed by atoms with Gasteiger partial charge in [0.05, 0.1) is 32.6 Å². The second kappa shape index (κ2) is 10.6. The number of nitrogens with zero attached hydrogens (tertiary/aromatic N) is 3. The largest absolute Gasteiger partial charge is 0.494 e. The Morgan fingerprint density at radius 3 is 2.51 bits per heavy atom. The van der Waals surface area contributed by atoms with Gasteiger partial charge >= 0.3 is 0 Å². The summed E-state index contributed by atoms with van der Waals surface area (Å²) in [5.41, 5.74) is 10.9. The SMILES string of the molecule is COc1c(N2CCOCC2)cc(C(=O)Cn2cc3cc4c(cc3c2N)OCc2cnccc2CO4)cc1C(C)(C)C. The van der Waals surface area contributed by atoms with Crippen LogP contribution in [0.2, 0.25) is 0 Å². The number of carbonyl (C=O) groups excluding carboxylic acids is 1. The van der Waals surface area contributed by atoms with E-state index >= 15 is 0 Å². The van der Waals surface area contributed by atoms with Crippen LogP contribution in [0.25, 0.3) is 10.8 Å². The fourth-order valence-corrected chi connectivity index (χ4v) is 5.52. The third-order valence-electron chi connectivity index (χ3n) is 7.84. The quantitative estimate of drug-likeness (QED) is 0.338. The maximum Gasteiger partial charge on any atom is 0.182 e. The molecule has 2 aromatic heterocycles. The van der Waals surface area contributed by atoms with E-state index in [-0.39, 0.29) is 17.7 Å². The molecule has 214 valence electrons. The van der Waals surface area contributed by atoms with Crippen molar-refractivity contribution in [3.05, 3.63) is 71.2 Å². The molecule has 0 saturated carbocycles. The third-order valence-corrected chi connectivity index (χ3v) is 7.84. The molecule has 1 saturated heterocycles. The molecule has 0 spiro atoms. The van der Waals surface area contributed by atoms with Crippen molar-refractivity contribution >= 4 is 28.1 Å². The molecule has 2 aromatic carbocycles.